The Morgan fingerprint density at radius 1 is 1.58 bits per heavy atom. The fraction of sp³-hybridized carbons (Fsp3) is 0.462. The Morgan fingerprint density at radius 3 is 2.89 bits per heavy atom. The number of hydrogen-bond acceptors (Lipinski definition) is 5. The van der Waals surface area contributed by atoms with Crippen molar-refractivity contribution in [3.8, 4) is 5.75 Å². The van der Waals surface area contributed by atoms with Gasteiger partial charge >= 0.3 is 0 Å². The number of benzene rings is 1. The Labute approximate surface area is 116 Å². The smallest absolute Gasteiger partial charge is 0.238 e. The van der Waals surface area contributed by atoms with E-state index < -0.39 is 6.10 Å². The molecule has 0 radical (unpaired) electrons. The molecule has 1 heterocycles. The molecule has 0 bridgehead atoms. The minimum atomic E-state index is -0.705. The number of amides is 1. The van der Waals surface area contributed by atoms with Gasteiger partial charge in [0.15, 0.2) is 0 Å². The lowest BCUT2D eigenvalue weighted by atomic mass is 10.1. The van der Waals surface area contributed by atoms with Gasteiger partial charge in [-0.1, -0.05) is 12.1 Å². The predicted molar refractivity (Wildman–Crippen MR) is 75.2 cm³/mol. The van der Waals surface area contributed by atoms with Crippen molar-refractivity contribution in [3.63, 3.8) is 0 Å². The van der Waals surface area contributed by atoms with Crippen LogP contribution in [0.1, 0.15) is 11.7 Å². The number of ether oxygens (including phenoxy) is 1. The molecule has 1 aromatic carbocycles. The van der Waals surface area contributed by atoms with Gasteiger partial charge in [0.1, 0.15) is 5.75 Å². The molecule has 1 fully saturated rings. The summed E-state index contributed by atoms with van der Waals surface area (Å²) in [5.74, 6) is 2.27. The van der Waals surface area contributed by atoms with Crippen LogP contribution in [0.4, 0.5) is 0 Å². The Balaban J connectivity index is 1.82. The Bertz CT molecular complexity index is 418. The minimum absolute atomic E-state index is 0.0578. The lowest BCUT2D eigenvalue weighted by molar-refractivity contribution is -0.122. The van der Waals surface area contributed by atoms with Crippen LogP contribution < -0.4 is 15.4 Å². The number of carbonyl (C=O) groups excluding carboxylic acids is 1. The summed E-state index contributed by atoms with van der Waals surface area (Å²) in [6.45, 7) is 0.216. The summed E-state index contributed by atoms with van der Waals surface area (Å²) < 4.78 is 5.05. The highest BCUT2D eigenvalue weighted by atomic mass is 32.2. The van der Waals surface area contributed by atoms with E-state index in [1.807, 2.05) is 0 Å². The summed E-state index contributed by atoms with van der Waals surface area (Å²) in [7, 11) is 1.60. The molecule has 0 aliphatic carbocycles. The van der Waals surface area contributed by atoms with Crippen molar-refractivity contribution in [2.24, 2.45) is 0 Å². The molecule has 0 aromatic heterocycles. The standard InChI is InChI=1S/C13H18N2O3S/c1-18-10-4-2-9(3-5-10)12(16)6-14-13(17)11-7-19-8-15-11/h2-5,11-12,15-16H,6-8H2,1H3,(H,14,17). The van der Waals surface area contributed by atoms with Crippen LogP contribution in [-0.2, 0) is 4.79 Å². The monoisotopic (exact) mass is 282 g/mol. The largest absolute Gasteiger partial charge is 0.497 e. The van der Waals surface area contributed by atoms with E-state index in [0.29, 0.717) is 0 Å². The number of aliphatic hydroxyl groups is 1. The van der Waals surface area contributed by atoms with Gasteiger partial charge in [0.25, 0.3) is 0 Å². The van der Waals surface area contributed by atoms with Gasteiger partial charge in [-0.3, -0.25) is 10.1 Å². The summed E-state index contributed by atoms with van der Waals surface area (Å²) in [5, 5.41) is 15.8. The summed E-state index contributed by atoms with van der Waals surface area (Å²) in [6.07, 6.45) is -0.705. The first kappa shape index (κ1) is 14.2. The van der Waals surface area contributed by atoms with Crippen molar-refractivity contribution in [1.82, 2.24) is 10.6 Å². The summed E-state index contributed by atoms with van der Waals surface area (Å²) in [5.41, 5.74) is 0.759. The zero-order valence-corrected chi connectivity index (χ0v) is 11.6. The molecule has 1 aromatic rings. The van der Waals surface area contributed by atoms with Gasteiger partial charge in [0, 0.05) is 18.2 Å². The first-order valence-corrected chi connectivity index (χ1v) is 7.27. The number of hydrogen-bond donors (Lipinski definition) is 3. The van der Waals surface area contributed by atoms with Gasteiger partial charge in [0.05, 0.1) is 19.3 Å². The van der Waals surface area contributed by atoms with Crippen molar-refractivity contribution in [1.29, 1.82) is 0 Å². The first-order chi connectivity index (χ1) is 9.20. The number of thioether (sulfide) groups is 1. The molecule has 19 heavy (non-hydrogen) atoms. The average Bonchev–Trinajstić information content (AvgIpc) is 2.98. The highest BCUT2D eigenvalue weighted by Gasteiger charge is 2.22. The maximum atomic E-state index is 11.8. The van der Waals surface area contributed by atoms with Crippen LogP contribution in [0.15, 0.2) is 24.3 Å². The molecule has 6 heteroatoms. The quantitative estimate of drug-likeness (QED) is 0.734. The van der Waals surface area contributed by atoms with Crippen molar-refractivity contribution < 1.29 is 14.6 Å². The number of aliphatic hydroxyl groups excluding tert-OH is 1. The SMILES string of the molecule is COc1ccc(C(O)CNC(=O)C2CSCN2)cc1. The molecule has 0 saturated carbocycles. The molecule has 2 unspecified atom stereocenters. The fourth-order valence-electron chi connectivity index (χ4n) is 1.83. The van der Waals surface area contributed by atoms with Crippen LogP contribution in [0.3, 0.4) is 0 Å². The normalized spacial score (nSPS) is 20.0. The molecule has 1 saturated heterocycles. The topological polar surface area (TPSA) is 70.6 Å². The van der Waals surface area contributed by atoms with E-state index in [2.05, 4.69) is 10.6 Å². The van der Waals surface area contributed by atoms with Gasteiger partial charge in [0.2, 0.25) is 5.91 Å². The third-order valence-corrected chi connectivity index (χ3v) is 3.94. The second kappa shape index (κ2) is 6.79. The Morgan fingerprint density at radius 2 is 2.32 bits per heavy atom. The van der Waals surface area contributed by atoms with Crippen LogP contribution in [-0.4, -0.2) is 42.3 Å². The minimum Gasteiger partial charge on any atom is -0.497 e. The molecule has 2 rings (SSSR count). The van der Waals surface area contributed by atoms with Gasteiger partial charge < -0.3 is 15.2 Å². The highest BCUT2D eigenvalue weighted by molar-refractivity contribution is 7.99. The zero-order valence-electron chi connectivity index (χ0n) is 10.8. The van der Waals surface area contributed by atoms with Gasteiger partial charge in [-0.25, -0.2) is 0 Å². The third kappa shape index (κ3) is 3.86. The van der Waals surface area contributed by atoms with Crippen molar-refractivity contribution in [3.05, 3.63) is 29.8 Å². The average molecular weight is 282 g/mol. The summed E-state index contributed by atoms with van der Waals surface area (Å²) in [4.78, 5) is 11.8. The van der Waals surface area contributed by atoms with Crippen LogP contribution in [0.2, 0.25) is 0 Å². The molecular formula is C13H18N2O3S. The summed E-state index contributed by atoms with van der Waals surface area (Å²) in [6, 6.07) is 7.01. The second-order valence-electron chi connectivity index (χ2n) is 4.31. The molecule has 104 valence electrons. The van der Waals surface area contributed by atoms with E-state index in [0.717, 1.165) is 22.9 Å². The van der Waals surface area contributed by atoms with Crippen molar-refractivity contribution in [2.45, 2.75) is 12.1 Å². The second-order valence-corrected chi connectivity index (χ2v) is 5.34. The molecule has 3 N–H and O–H groups in total. The summed E-state index contributed by atoms with van der Waals surface area (Å²) >= 11 is 1.70. The van der Waals surface area contributed by atoms with Gasteiger partial charge in [-0.2, -0.15) is 0 Å². The predicted octanol–water partition coefficient (Wildman–Crippen LogP) is 0.507. The molecule has 1 amide bonds. The van der Waals surface area contributed by atoms with E-state index in [9.17, 15) is 9.90 Å². The Hall–Kier alpha value is -1.24. The molecule has 1 aliphatic heterocycles. The van der Waals surface area contributed by atoms with E-state index in [1.165, 1.54) is 0 Å². The number of carbonyl (C=O) groups is 1. The van der Waals surface area contributed by atoms with Crippen LogP contribution in [0.5, 0.6) is 5.75 Å². The van der Waals surface area contributed by atoms with Crippen molar-refractivity contribution >= 4 is 17.7 Å². The highest BCUT2D eigenvalue weighted by Crippen LogP contribution is 2.17. The maximum Gasteiger partial charge on any atom is 0.238 e. The molecule has 5 nitrogen and oxygen atoms in total. The third-order valence-electron chi connectivity index (χ3n) is 3.00. The van der Waals surface area contributed by atoms with Crippen LogP contribution >= 0.6 is 11.8 Å². The molecule has 1 aliphatic rings. The number of rotatable bonds is 5. The van der Waals surface area contributed by atoms with Crippen LogP contribution in [0.25, 0.3) is 0 Å². The fourth-order valence-corrected chi connectivity index (χ4v) is 2.77. The lowest BCUT2D eigenvalue weighted by Crippen LogP contribution is -2.43. The maximum absolute atomic E-state index is 11.8. The first-order valence-electron chi connectivity index (χ1n) is 6.11. The lowest BCUT2D eigenvalue weighted by Gasteiger charge is -2.15. The van der Waals surface area contributed by atoms with E-state index in [4.69, 9.17) is 4.74 Å². The molecule has 0 spiro atoms. The van der Waals surface area contributed by atoms with E-state index in [-0.39, 0.29) is 18.5 Å². The number of nitrogens with one attached hydrogen (secondary N) is 2. The van der Waals surface area contributed by atoms with Gasteiger partial charge in [-0.05, 0) is 17.7 Å². The van der Waals surface area contributed by atoms with Crippen molar-refractivity contribution in [2.75, 3.05) is 25.3 Å². The van der Waals surface area contributed by atoms with E-state index >= 15 is 0 Å². The van der Waals surface area contributed by atoms with Crippen LogP contribution in [0, 0.1) is 0 Å². The number of methoxy groups -OCH3 is 1. The molecular weight excluding hydrogens is 264 g/mol. The Kier molecular flexibility index (Phi) is 5.07. The van der Waals surface area contributed by atoms with E-state index in [1.54, 1.807) is 43.1 Å². The van der Waals surface area contributed by atoms with Gasteiger partial charge in [-0.15, -0.1) is 11.8 Å². The molecule has 2 atom stereocenters. The zero-order chi connectivity index (χ0) is 13.7.